The maximum absolute atomic E-state index is 11.9. The second-order valence-corrected chi connectivity index (χ2v) is 6.25. The highest BCUT2D eigenvalue weighted by molar-refractivity contribution is 5.91. The first kappa shape index (κ1) is 15.5. The van der Waals surface area contributed by atoms with Gasteiger partial charge >= 0.3 is 5.97 Å². The van der Waals surface area contributed by atoms with Gasteiger partial charge in [-0.1, -0.05) is 12.8 Å². The molecule has 0 N–H and O–H groups in total. The van der Waals surface area contributed by atoms with Crippen LogP contribution >= 0.6 is 0 Å². The number of carbonyl (C=O) groups is 1. The Morgan fingerprint density at radius 2 is 2.14 bits per heavy atom. The molecule has 1 aliphatic carbocycles. The molecule has 0 amide bonds. The highest BCUT2D eigenvalue weighted by Crippen LogP contribution is 2.29. The van der Waals surface area contributed by atoms with Gasteiger partial charge in [0.15, 0.2) is 0 Å². The molecule has 0 radical (unpaired) electrons. The van der Waals surface area contributed by atoms with Gasteiger partial charge in [-0.2, -0.15) is 5.10 Å². The van der Waals surface area contributed by atoms with Crippen LogP contribution in [-0.2, 0) is 16.1 Å². The van der Waals surface area contributed by atoms with Crippen molar-refractivity contribution in [2.75, 3.05) is 20.3 Å². The lowest BCUT2D eigenvalue weighted by Crippen LogP contribution is -2.53. The summed E-state index contributed by atoms with van der Waals surface area (Å²) in [7, 11) is 1.41. The molecule has 6 heteroatoms. The normalized spacial score (nSPS) is 25.8. The lowest BCUT2D eigenvalue weighted by molar-refractivity contribution is -0.0994. The third kappa shape index (κ3) is 2.77. The van der Waals surface area contributed by atoms with Crippen LogP contribution in [0.25, 0.3) is 0 Å². The number of morpholine rings is 1. The standard InChI is InChI=1S/C16H25N3O3/c1-11-15(16(20)21-3)12(2)19(17-11)10-18-8-9-22-14-7-5-4-6-13(14)18/h13-14H,4-10H2,1-3H3/t13-,14+/m0/s1. The van der Waals surface area contributed by atoms with E-state index >= 15 is 0 Å². The first-order chi connectivity index (χ1) is 10.6. The molecule has 0 unspecified atom stereocenters. The third-order valence-electron chi connectivity index (χ3n) is 4.93. The number of esters is 1. The van der Waals surface area contributed by atoms with Crippen LogP contribution < -0.4 is 0 Å². The maximum atomic E-state index is 11.9. The molecule has 6 nitrogen and oxygen atoms in total. The fourth-order valence-electron chi connectivity index (χ4n) is 3.76. The highest BCUT2D eigenvalue weighted by atomic mass is 16.5. The van der Waals surface area contributed by atoms with Crippen LogP contribution in [0.4, 0.5) is 0 Å². The first-order valence-corrected chi connectivity index (χ1v) is 8.09. The van der Waals surface area contributed by atoms with E-state index in [-0.39, 0.29) is 5.97 Å². The lowest BCUT2D eigenvalue weighted by atomic mass is 9.90. The van der Waals surface area contributed by atoms with Crippen molar-refractivity contribution in [3.63, 3.8) is 0 Å². The number of ether oxygens (including phenoxy) is 2. The van der Waals surface area contributed by atoms with Crippen LogP contribution in [0.1, 0.15) is 47.4 Å². The molecule has 1 saturated heterocycles. The van der Waals surface area contributed by atoms with Gasteiger partial charge in [0.05, 0.1) is 37.9 Å². The van der Waals surface area contributed by atoms with Gasteiger partial charge in [0.25, 0.3) is 0 Å². The van der Waals surface area contributed by atoms with E-state index in [1.165, 1.54) is 26.4 Å². The summed E-state index contributed by atoms with van der Waals surface area (Å²) < 4.78 is 12.7. The van der Waals surface area contributed by atoms with Crippen LogP contribution in [-0.4, -0.2) is 53.1 Å². The number of methoxy groups -OCH3 is 1. The van der Waals surface area contributed by atoms with Crippen molar-refractivity contribution in [1.82, 2.24) is 14.7 Å². The summed E-state index contributed by atoms with van der Waals surface area (Å²) >= 11 is 0. The van der Waals surface area contributed by atoms with Gasteiger partial charge in [-0.15, -0.1) is 0 Å². The summed E-state index contributed by atoms with van der Waals surface area (Å²) in [6.07, 6.45) is 5.24. The maximum Gasteiger partial charge on any atom is 0.341 e. The Balaban J connectivity index is 1.79. The first-order valence-electron chi connectivity index (χ1n) is 8.09. The summed E-state index contributed by atoms with van der Waals surface area (Å²) in [6.45, 7) is 6.22. The predicted octanol–water partition coefficient (Wildman–Crippen LogP) is 1.89. The summed E-state index contributed by atoms with van der Waals surface area (Å²) in [5, 5.41) is 4.54. The number of hydrogen-bond acceptors (Lipinski definition) is 5. The van der Waals surface area contributed by atoms with Gasteiger partial charge in [-0.3, -0.25) is 9.58 Å². The van der Waals surface area contributed by atoms with Crippen molar-refractivity contribution in [2.24, 2.45) is 0 Å². The van der Waals surface area contributed by atoms with Crippen LogP contribution in [0.2, 0.25) is 0 Å². The Labute approximate surface area is 131 Å². The predicted molar refractivity (Wildman–Crippen MR) is 81.7 cm³/mol. The quantitative estimate of drug-likeness (QED) is 0.798. The van der Waals surface area contributed by atoms with E-state index in [9.17, 15) is 4.79 Å². The van der Waals surface area contributed by atoms with Crippen LogP contribution in [0, 0.1) is 13.8 Å². The van der Waals surface area contributed by atoms with Crippen LogP contribution in [0.3, 0.4) is 0 Å². The SMILES string of the molecule is COC(=O)c1c(C)nn(CN2CCO[C@@H]3CCCC[C@@H]32)c1C. The third-order valence-corrected chi connectivity index (χ3v) is 4.93. The Kier molecular flexibility index (Phi) is 4.49. The van der Waals surface area contributed by atoms with Crippen LogP contribution in [0.15, 0.2) is 0 Å². The van der Waals surface area contributed by atoms with Gasteiger partial charge in [0, 0.05) is 12.6 Å². The second kappa shape index (κ2) is 6.38. The van der Waals surface area contributed by atoms with E-state index in [4.69, 9.17) is 9.47 Å². The summed E-state index contributed by atoms with van der Waals surface area (Å²) in [5.41, 5.74) is 2.21. The number of rotatable bonds is 3. The molecule has 2 atom stereocenters. The second-order valence-electron chi connectivity index (χ2n) is 6.25. The number of aromatic nitrogens is 2. The van der Waals surface area contributed by atoms with Crippen molar-refractivity contribution in [3.05, 3.63) is 17.0 Å². The van der Waals surface area contributed by atoms with Gasteiger partial charge in [-0.25, -0.2) is 4.79 Å². The number of nitrogens with zero attached hydrogens (tertiary/aromatic N) is 3. The molecule has 1 aromatic heterocycles. The van der Waals surface area contributed by atoms with E-state index in [2.05, 4.69) is 10.00 Å². The van der Waals surface area contributed by atoms with Crippen molar-refractivity contribution in [1.29, 1.82) is 0 Å². The molecule has 3 rings (SSSR count). The molecule has 2 aliphatic rings. The molecular weight excluding hydrogens is 282 g/mol. The molecular formula is C16H25N3O3. The zero-order chi connectivity index (χ0) is 15.7. The van der Waals surface area contributed by atoms with E-state index in [0.717, 1.165) is 31.0 Å². The topological polar surface area (TPSA) is 56.6 Å². The Morgan fingerprint density at radius 3 is 2.91 bits per heavy atom. The van der Waals surface area contributed by atoms with E-state index in [1.807, 2.05) is 18.5 Å². The van der Waals surface area contributed by atoms with Gasteiger partial charge < -0.3 is 9.47 Å². The number of carbonyl (C=O) groups excluding carboxylic acids is 1. The summed E-state index contributed by atoms with van der Waals surface area (Å²) in [5.74, 6) is -0.307. The molecule has 1 aromatic rings. The Morgan fingerprint density at radius 1 is 1.36 bits per heavy atom. The fourth-order valence-corrected chi connectivity index (χ4v) is 3.76. The average molecular weight is 307 g/mol. The van der Waals surface area contributed by atoms with Gasteiger partial charge in [0.2, 0.25) is 0 Å². The molecule has 0 bridgehead atoms. The highest BCUT2D eigenvalue weighted by Gasteiger charge is 2.34. The Hall–Kier alpha value is -1.40. The average Bonchev–Trinajstić information content (AvgIpc) is 2.81. The summed E-state index contributed by atoms with van der Waals surface area (Å²) in [4.78, 5) is 14.3. The lowest BCUT2D eigenvalue weighted by Gasteiger charge is -2.43. The molecule has 122 valence electrons. The fraction of sp³-hybridized carbons (Fsp3) is 0.750. The monoisotopic (exact) mass is 307 g/mol. The largest absolute Gasteiger partial charge is 0.465 e. The van der Waals surface area contributed by atoms with E-state index < -0.39 is 0 Å². The van der Waals surface area contributed by atoms with Gasteiger partial charge in [-0.05, 0) is 26.7 Å². The molecule has 1 saturated carbocycles. The zero-order valence-corrected chi connectivity index (χ0v) is 13.7. The smallest absolute Gasteiger partial charge is 0.341 e. The minimum atomic E-state index is -0.307. The number of aryl methyl sites for hydroxylation is 1. The van der Waals surface area contributed by atoms with Crippen molar-refractivity contribution in [3.8, 4) is 0 Å². The minimum absolute atomic E-state index is 0.307. The minimum Gasteiger partial charge on any atom is -0.465 e. The van der Waals surface area contributed by atoms with E-state index in [0.29, 0.717) is 24.4 Å². The molecule has 0 aromatic carbocycles. The van der Waals surface area contributed by atoms with E-state index in [1.54, 1.807) is 0 Å². The van der Waals surface area contributed by atoms with Crippen LogP contribution in [0.5, 0.6) is 0 Å². The van der Waals surface area contributed by atoms with Crippen molar-refractivity contribution >= 4 is 5.97 Å². The molecule has 2 fully saturated rings. The number of hydrogen-bond donors (Lipinski definition) is 0. The number of fused-ring (bicyclic) bond motifs is 1. The molecule has 0 spiro atoms. The summed E-state index contributed by atoms with van der Waals surface area (Å²) in [6, 6.07) is 0.480. The zero-order valence-electron chi connectivity index (χ0n) is 13.7. The van der Waals surface area contributed by atoms with Crippen molar-refractivity contribution < 1.29 is 14.3 Å². The Bertz CT molecular complexity index is 553. The molecule has 22 heavy (non-hydrogen) atoms. The molecule has 2 heterocycles. The van der Waals surface area contributed by atoms with Gasteiger partial charge in [0.1, 0.15) is 5.56 Å². The van der Waals surface area contributed by atoms with Crippen molar-refractivity contribution in [2.45, 2.75) is 58.3 Å². The molecule has 1 aliphatic heterocycles.